The summed E-state index contributed by atoms with van der Waals surface area (Å²) >= 11 is 0. The van der Waals surface area contributed by atoms with E-state index in [4.69, 9.17) is 14.3 Å². The van der Waals surface area contributed by atoms with Crippen molar-refractivity contribution in [1.29, 1.82) is 0 Å². The van der Waals surface area contributed by atoms with E-state index in [9.17, 15) is 4.57 Å². The van der Waals surface area contributed by atoms with E-state index < -0.39 is 13.4 Å². The standard InChI is InChI=1S/C7H13O4P/c8-12(9,10)11-7-3-1-6(5-7)2-4-7/h6H,1-5H2,(H2,8,9,10). The summed E-state index contributed by atoms with van der Waals surface area (Å²) in [4.78, 5) is 17.4. The maximum absolute atomic E-state index is 10.6. The summed E-state index contributed by atoms with van der Waals surface area (Å²) in [5, 5.41) is 0. The fraction of sp³-hybridized carbons (Fsp3) is 1.00. The zero-order valence-corrected chi connectivity index (χ0v) is 7.67. The Kier molecular flexibility index (Phi) is 1.85. The summed E-state index contributed by atoms with van der Waals surface area (Å²) in [5.41, 5.74) is -0.469. The highest BCUT2D eigenvalue weighted by Crippen LogP contribution is 2.56. The van der Waals surface area contributed by atoms with Gasteiger partial charge in [-0.3, -0.25) is 4.52 Å². The molecule has 2 bridgehead atoms. The van der Waals surface area contributed by atoms with Gasteiger partial charge in [-0.05, 0) is 38.0 Å². The predicted molar refractivity (Wildman–Crippen MR) is 42.4 cm³/mol. The maximum Gasteiger partial charge on any atom is 0.470 e. The Balaban J connectivity index is 2.08. The summed E-state index contributed by atoms with van der Waals surface area (Å²) in [5.74, 6) is 0.650. The summed E-state index contributed by atoms with van der Waals surface area (Å²) in [6.45, 7) is 0. The number of fused-ring (bicyclic) bond motifs is 2. The molecule has 2 N–H and O–H groups in total. The summed E-state index contributed by atoms with van der Waals surface area (Å²) in [7, 11) is -4.27. The normalized spacial score (nSPS) is 40.7. The van der Waals surface area contributed by atoms with E-state index in [-0.39, 0.29) is 0 Å². The van der Waals surface area contributed by atoms with Crippen LogP contribution in [0.3, 0.4) is 0 Å². The van der Waals surface area contributed by atoms with Crippen LogP contribution in [0.15, 0.2) is 0 Å². The summed E-state index contributed by atoms with van der Waals surface area (Å²) < 4.78 is 15.5. The van der Waals surface area contributed by atoms with E-state index in [1.165, 1.54) is 0 Å². The zero-order valence-electron chi connectivity index (χ0n) is 6.77. The molecular weight excluding hydrogens is 179 g/mol. The van der Waals surface area contributed by atoms with E-state index in [2.05, 4.69) is 0 Å². The van der Waals surface area contributed by atoms with Crippen LogP contribution in [0.4, 0.5) is 0 Å². The summed E-state index contributed by atoms with van der Waals surface area (Å²) in [6, 6.07) is 0. The Morgan fingerprint density at radius 2 is 1.92 bits per heavy atom. The molecule has 0 atom stereocenters. The smallest absolute Gasteiger partial charge is 0.303 e. The first kappa shape index (κ1) is 8.70. The van der Waals surface area contributed by atoms with Gasteiger partial charge in [-0.2, -0.15) is 0 Å². The van der Waals surface area contributed by atoms with Crippen molar-refractivity contribution in [2.75, 3.05) is 0 Å². The van der Waals surface area contributed by atoms with E-state index in [0.29, 0.717) is 5.92 Å². The van der Waals surface area contributed by atoms with Gasteiger partial charge < -0.3 is 9.79 Å². The van der Waals surface area contributed by atoms with Crippen molar-refractivity contribution < 1.29 is 18.9 Å². The van der Waals surface area contributed by atoms with Gasteiger partial charge in [-0.25, -0.2) is 4.57 Å². The molecule has 0 aromatic rings. The molecule has 12 heavy (non-hydrogen) atoms. The van der Waals surface area contributed by atoms with Crippen LogP contribution in [0.5, 0.6) is 0 Å². The fourth-order valence-corrected chi connectivity index (χ4v) is 3.28. The van der Waals surface area contributed by atoms with Crippen molar-refractivity contribution in [3.8, 4) is 0 Å². The van der Waals surface area contributed by atoms with Crippen LogP contribution in [0, 0.1) is 5.92 Å². The van der Waals surface area contributed by atoms with Crippen molar-refractivity contribution in [1.82, 2.24) is 0 Å². The Bertz CT molecular complexity index is 226. The Hall–Kier alpha value is 0.110. The lowest BCUT2D eigenvalue weighted by Gasteiger charge is -2.26. The van der Waals surface area contributed by atoms with Crippen LogP contribution < -0.4 is 0 Å². The molecule has 4 nitrogen and oxygen atoms in total. The first-order valence-electron chi connectivity index (χ1n) is 4.25. The average Bonchev–Trinajstić information content (AvgIpc) is 2.40. The Labute approximate surface area is 71.2 Å². The highest BCUT2D eigenvalue weighted by molar-refractivity contribution is 7.46. The van der Waals surface area contributed by atoms with Gasteiger partial charge in [0, 0.05) is 0 Å². The van der Waals surface area contributed by atoms with Gasteiger partial charge in [0.2, 0.25) is 0 Å². The van der Waals surface area contributed by atoms with Gasteiger partial charge >= 0.3 is 7.82 Å². The van der Waals surface area contributed by atoms with Crippen LogP contribution in [0.2, 0.25) is 0 Å². The molecule has 2 rings (SSSR count). The van der Waals surface area contributed by atoms with E-state index in [0.717, 1.165) is 32.1 Å². The highest BCUT2D eigenvalue weighted by Gasteiger charge is 2.49. The van der Waals surface area contributed by atoms with Gasteiger partial charge in [0.15, 0.2) is 0 Å². The summed E-state index contributed by atoms with van der Waals surface area (Å²) in [6.07, 6.45) is 4.63. The maximum atomic E-state index is 10.6. The third-order valence-electron chi connectivity index (χ3n) is 2.99. The molecule has 0 aromatic heterocycles. The molecule has 0 aliphatic heterocycles. The van der Waals surface area contributed by atoms with Gasteiger partial charge in [0.05, 0.1) is 5.60 Å². The lowest BCUT2D eigenvalue weighted by atomic mass is 9.98. The number of phosphoric ester groups is 1. The lowest BCUT2D eigenvalue weighted by Crippen LogP contribution is -2.25. The van der Waals surface area contributed by atoms with Gasteiger partial charge in [-0.15, -0.1) is 0 Å². The molecule has 5 heteroatoms. The van der Waals surface area contributed by atoms with Crippen LogP contribution in [0.25, 0.3) is 0 Å². The van der Waals surface area contributed by atoms with E-state index in [1.54, 1.807) is 0 Å². The van der Waals surface area contributed by atoms with E-state index in [1.807, 2.05) is 0 Å². The predicted octanol–water partition coefficient (Wildman–Crippen LogP) is 1.43. The molecule has 70 valence electrons. The molecule has 2 saturated carbocycles. The van der Waals surface area contributed by atoms with Crippen LogP contribution >= 0.6 is 7.82 Å². The first-order chi connectivity index (χ1) is 5.49. The minimum absolute atomic E-state index is 0.469. The molecule has 0 aromatic carbocycles. The second-order valence-corrected chi connectivity index (χ2v) is 5.08. The third kappa shape index (κ3) is 1.57. The zero-order chi connectivity index (χ0) is 8.82. The fourth-order valence-electron chi connectivity index (χ4n) is 2.52. The number of phosphoric acid groups is 1. The minimum atomic E-state index is -4.27. The second kappa shape index (κ2) is 2.55. The van der Waals surface area contributed by atoms with Crippen molar-refractivity contribution in [3.05, 3.63) is 0 Å². The molecule has 2 aliphatic rings. The average molecular weight is 192 g/mol. The molecule has 0 spiro atoms. The van der Waals surface area contributed by atoms with Crippen LogP contribution in [-0.2, 0) is 9.09 Å². The molecule has 2 aliphatic carbocycles. The van der Waals surface area contributed by atoms with Crippen molar-refractivity contribution in [2.24, 2.45) is 5.92 Å². The molecule has 0 radical (unpaired) electrons. The Morgan fingerprint density at radius 1 is 1.33 bits per heavy atom. The topological polar surface area (TPSA) is 66.8 Å². The number of rotatable bonds is 2. The van der Waals surface area contributed by atoms with Crippen molar-refractivity contribution >= 4 is 7.82 Å². The highest BCUT2D eigenvalue weighted by atomic mass is 31.2. The monoisotopic (exact) mass is 192 g/mol. The number of hydrogen-bond acceptors (Lipinski definition) is 2. The Morgan fingerprint density at radius 3 is 2.25 bits per heavy atom. The minimum Gasteiger partial charge on any atom is -0.303 e. The first-order valence-corrected chi connectivity index (χ1v) is 5.78. The van der Waals surface area contributed by atoms with Gasteiger partial charge in [0.25, 0.3) is 0 Å². The molecule has 0 amide bonds. The molecular formula is C7H13O4P. The molecule has 0 saturated heterocycles. The molecule has 0 unspecified atom stereocenters. The van der Waals surface area contributed by atoms with Gasteiger partial charge in [0.1, 0.15) is 0 Å². The number of hydrogen-bond donors (Lipinski definition) is 2. The van der Waals surface area contributed by atoms with Crippen LogP contribution in [0.1, 0.15) is 32.1 Å². The van der Waals surface area contributed by atoms with Crippen molar-refractivity contribution in [3.63, 3.8) is 0 Å². The van der Waals surface area contributed by atoms with E-state index >= 15 is 0 Å². The third-order valence-corrected chi connectivity index (χ3v) is 3.61. The second-order valence-electron chi connectivity index (χ2n) is 3.91. The van der Waals surface area contributed by atoms with Gasteiger partial charge in [-0.1, -0.05) is 0 Å². The van der Waals surface area contributed by atoms with Crippen molar-refractivity contribution in [2.45, 2.75) is 37.7 Å². The SMILES string of the molecule is O=P(O)(O)OC12CCC(CC1)C2. The quantitative estimate of drug-likeness (QED) is 0.649. The van der Waals surface area contributed by atoms with Crippen LogP contribution in [-0.4, -0.2) is 15.4 Å². The molecule has 2 fully saturated rings. The lowest BCUT2D eigenvalue weighted by molar-refractivity contribution is 0.0428. The molecule has 0 heterocycles. The largest absolute Gasteiger partial charge is 0.470 e.